The Morgan fingerprint density at radius 3 is 2.93 bits per heavy atom. The number of thioether (sulfide) groups is 1. The number of morpholine rings is 1. The Morgan fingerprint density at radius 2 is 2.18 bits per heavy atom. The monoisotopic (exact) mass is 410 g/mol. The van der Waals surface area contributed by atoms with Gasteiger partial charge in [-0.25, -0.2) is 19.7 Å². The lowest BCUT2D eigenvalue weighted by atomic mass is 10.1. The first-order valence-corrected chi connectivity index (χ1v) is 10.3. The molecule has 2 aromatic heterocycles. The minimum absolute atomic E-state index is 0.241. The van der Waals surface area contributed by atoms with Crippen molar-refractivity contribution in [2.24, 2.45) is 0 Å². The van der Waals surface area contributed by atoms with Gasteiger partial charge in [0.1, 0.15) is 17.9 Å². The SMILES string of the molecule is CSC[C@H]1O[C@@H](n2cnc3c(N)ncnc32)C(OC(=O)N2CCOCC2)C1O. The fraction of sp³-hybridized carbons (Fsp3) is 0.625. The molecule has 152 valence electrons. The zero-order valence-electron chi connectivity index (χ0n) is 15.3. The topological polar surface area (TPSA) is 138 Å². The zero-order chi connectivity index (χ0) is 19.7. The lowest BCUT2D eigenvalue weighted by molar-refractivity contribution is -0.0506. The third kappa shape index (κ3) is 3.48. The molecule has 2 fully saturated rings. The van der Waals surface area contributed by atoms with Crippen molar-refractivity contribution in [1.29, 1.82) is 0 Å². The van der Waals surface area contributed by atoms with Gasteiger partial charge in [0.05, 0.1) is 25.6 Å². The zero-order valence-corrected chi connectivity index (χ0v) is 16.1. The van der Waals surface area contributed by atoms with Crippen molar-refractivity contribution in [3.63, 3.8) is 0 Å². The largest absolute Gasteiger partial charge is 0.438 e. The molecule has 2 unspecified atom stereocenters. The molecule has 3 N–H and O–H groups in total. The summed E-state index contributed by atoms with van der Waals surface area (Å²) in [4.78, 5) is 26.6. The van der Waals surface area contributed by atoms with Gasteiger partial charge in [0.25, 0.3) is 0 Å². The molecule has 0 bridgehead atoms. The number of nitrogens with zero attached hydrogens (tertiary/aromatic N) is 5. The highest BCUT2D eigenvalue weighted by Gasteiger charge is 2.48. The number of aliphatic hydroxyl groups is 1. The standard InChI is InChI=1S/C16H22N6O5S/c1-28-6-9-11(23)12(27-16(24)21-2-4-25-5-3-21)15(26-9)22-8-20-10-13(17)18-7-19-14(10)22/h7-9,11-12,15,23H,2-6H2,1H3,(H2,17,18,19)/t9-,11?,12?,15-/m1/s1. The average Bonchev–Trinajstić information content (AvgIpc) is 3.26. The summed E-state index contributed by atoms with van der Waals surface area (Å²) in [5.74, 6) is 0.789. The maximum absolute atomic E-state index is 12.6. The molecule has 2 saturated heterocycles. The van der Waals surface area contributed by atoms with Gasteiger partial charge in [-0.1, -0.05) is 0 Å². The van der Waals surface area contributed by atoms with E-state index in [0.717, 1.165) is 0 Å². The van der Waals surface area contributed by atoms with E-state index < -0.39 is 30.6 Å². The molecule has 4 heterocycles. The summed E-state index contributed by atoms with van der Waals surface area (Å²) in [6, 6.07) is 0. The Morgan fingerprint density at radius 1 is 1.39 bits per heavy atom. The number of hydrogen-bond donors (Lipinski definition) is 2. The second-order valence-electron chi connectivity index (χ2n) is 6.54. The summed E-state index contributed by atoms with van der Waals surface area (Å²) in [5, 5.41) is 10.8. The molecule has 0 radical (unpaired) electrons. The number of amides is 1. The second kappa shape index (κ2) is 8.07. The first-order chi connectivity index (χ1) is 13.6. The number of nitrogens with two attached hydrogens (primary N) is 1. The van der Waals surface area contributed by atoms with Crippen molar-refractivity contribution in [3.8, 4) is 0 Å². The van der Waals surface area contributed by atoms with E-state index >= 15 is 0 Å². The highest BCUT2D eigenvalue weighted by molar-refractivity contribution is 7.98. The number of imidazole rings is 1. The lowest BCUT2D eigenvalue weighted by Crippen LogP contribution is -2.45. The number of aromatic nitrogens is 4. The molecule has 4 atom stereocenters. The highest BCUT2D eigenvalue weighted by atomic mass is 32.2. The minimum atomic E-state index is -0.987. The predicted molar refractivity (Wildman–Crippen MR) is 101 cm³/mol. The summed E-state index contributed by atoms with van der Waals surface area (Å²) in [7, 11) is 0. The van der Waals surface area contributed by atoms with Crippen molar-refractivity contribution in [2.75, 3.05) is 44.0 Å². The molecule has 2 aromatic rings. The molecule has 12 heteroatoms. The number of anilines is 1. The van der Waals surface area contributed by atoms with Crippen molar-refractivity contribution in [3.05, 3.63) is 12.7 Å². The summed E-state index contributed by atoms with van der Waals surface area (Å²) in [6.45, 7) is 1.80. The van der Waals surface area contributed by atoms with Gasteiger partial charge in [-0.3, -0.25) is 4.57 Å². The van der Waals surface area contributed by atoms with Crippen molar-refractivity contribution >= 4 is 34.8 Å². The Bertz CT molecular complexity index is 844. The van der Waals surface area contributed by atoms with Crippen molar-refractivity contribution < 1.29 is 24.1 Å². The Hall–Kier alpha value is -2.15. The van der Waals surface area contributed by atoms with Crippen LogP contribution in [0.4, 0.5) is 10.6 Å². The average molecular weight is 410 g/mol. The molecule has 28 heavy (non-hydrogen) atoms. The van der Waals surface area contributed by atoms with Crippen LogP contribution >= 0.6 is 11.8 Å². The number of carbonyl (C=O) groups is 1. The fourth-order valence-electron chi connectivity index (χ4n) is 3.36. The van der Waals surface area contributed by atoms with Crippen LogP contribution in [0.25, 0.3) is 11.2 Å². The minimum Gasteiger partial charge on any atom is -0.438 e. The van der Waals surface area contributed by atoms with Crippen LogP contribution in [0.3, 0.4) is 0 Å². The summed E-state index contributed by atoms with van der Waals surface area (Å²) < 4.78 is 18.6. The van der Waals surface area contributed by atoms with Crippen LogP contribution in [0.5, 0.6) is 0 Å². The van der Waals surface area contributed by atoms with E-state index in [9.17, 15) is 9.90 Å². The van der Waals surface area contributed by atoms with Crippen LogP contribution in [-0.4, -0.2) is 92.2 Å². The third-order valence-electron chi connectivity index (χ3n) is 4.81. The summed E-state index contributed by atoms with van der Waals surface area (Å²) in [5.41, 5.74) is 6.73. The molecule has 4 rings (SSSR count). The van der Waals surface area contributed by atoms with Crippen molar-refractivity contribution in [2.45, 2.75) is 24.5 Å². The first-order valence-electron chi connectivity index (χ1n) is 8.89. The number of hydrogen-bond acceptors (Lipinski definition) is 10. The molecule has 0 aromatic carbocycles. The van der Waals surface area contributed by atoms with Gasteiger partial charge in [0.2, 0.25) is 0 Å². The smallest absolute Gasteiger partial charge is 0.410 e. The van der Waals surface area contributed by atoms with Gasteiger partial charge in [0, 0.05) is 18.8 Å². The van der Waals surface area contributed by atoms with E-state index in [1.165, 1.54) is 24.4 Å². The van der Waals surface area contributed by atoms with E-state index in [-0.39, 0.29) is 5.82 Å². The van der Waals surface area contributed by atoms with Gasteiger partial charge in [0.15, 0.2) is 23.8 Å². The number of aliphatic hydroxyl groups excluding tert-OH is 1. The van der Waals surface area contributed by atoms with Crippen LogP contribution in [0, 0.1) is 0 Å². The summed E-state index contributed by atoms with van der Waals surface area (Å²) >= 11 is 1.53. The first kappa shape index (κ1) is 19.2. The van der Waals surface area contributed by atoms with Crippen LogP contribution in [0.2, 0.25) is 0 Å². The normalized spacial score (nSPS) is 28.0. The molecular formula is C16H22N6O5S. The van der Waals surface area contributed by atoms with Crippen molar-refractivity contribution in [1.82, 2.24) is 24.4 Å². The molecule has 0 spiro atoms. The van der Waals surface area contributed by atoms with Gasteiger partial charge in [-0.05, 0) is 6.26 Å². The molecule has 0 saturated carbocycles. The third-order valence-corrected chi connectivity index (χ3v) is 5.47. The van der Waals surface area contributed by atoms with Crippen LogP contribution in [0.1, 0.15) is 6.23 Å². The molecule has 11 nitrogen and oxygen atoms in total. The lowest BCUT2D eigenvalue weighted by Gasteiger charge is -2.29. The number of fused-ring (bicyclic) bond motifs is 1. The fourth-order valence-corrected chi connectivity index (χ4v) is 3.97. The Balaban J connectivity index is 1.62. The predicted octanol–water partition coefficient (Wildman–Crippen LogP) is -0.133. The number of ether oxygens (including phenoxy) is 3. The summed E-state index contributed by atoms with van der Waals surface area (Å²) in [6.07, 6.45) is 1.05. The van der Waals surface area contributed by atoms with Gasteiger partial charge < -0.3 is 30.0 Å². The molecule has 2 aliphatic heterocycles. The maximum Gasteiger partial charge on any atom is 0.410 e. The van der Waals surface area contributed by atoms with Crippen LogP contribution in [0.15, 0.2) is 12.7 Å². The van der Waals surface area contributed by atoms with E-state index in [2.05, 4.69) is 15.0 Å². The molecule has 0 aliphatic carbocycles. The van der Waals surface area contributed by atoms with E-state index in [0.29, 0.717) is 43.2 Å². The molecule has 2 aliphatic rings. The van der Waals surface area contributed by atoms with E-state index in [4.69, 9.17) is 19.9 Å². The number of nitrogen functional groups attached to an aromatic ring is 1. The van der Waals surface area contributed by atoms with E-state index in [1.807, 2.05) is 6.26 Å². The number of carbonyl (C=O) groups excluding carboxylic acids is 1. The van der Waals surface area contributed by atoms with Crippen LogP contribution in [-0.2, 0) is 14.2 Å². The van der Waals surface area contributed by atoms with Gasteiger partial charge >= 0.3 is 6.09 Å². The van der Waals surface area contributed by atoms with Gasteiger partial charge in [-0.15, -0.1) is 0 Å². The molecule has 1 amide bonds. The number of rotatable bonds is 4. The van der Waals surface area contributed by atoms with Gasteiger partial charge in [-0.2, -0.15) is 11.8 Å². The molecular weight excluding hydrogens is 388 g/mol. The Kier molecular flexibility index (Phi) is 5.53. The second-order valence-corrected chi connectivity index (χ2v) is 7.45. The maximum atomic E-state index is 12.6. The highest BCUT2D eigenvalue weighted by Crippen LogP contribution is 2.35. The van der Waals surface area contributed by atoms with E-state index in [1.54, 1.807) is 9.47 Å². The quantitative estimate of drug-likeness (QED) is 0.701. The Labute approximate surface area is 165 Å². The van der Waals surface area contributed by atoms with Crippen LogP contribution < -0.4 is 5.73 Å².